The van der Waals surface area contributed by atoms with Crippen molar-refractivity contribution in [1.82, 2.24) is 0 Å². The highest BCUT2D eigenvalue weighted by Crippen LogP contribution is 2.39. The van der Waals surface area contributed by atoms with Crippen LogP contribution in [0.5, 0.6) is 11.5 Å². The van der Waals surface area contributed by atoms with Gasteiger partial charge in [0.15, 0.2) is 0 Å². The monoisotopic (exact) mass is 675 g/mol. The number of carboxylic acid groups (broad SMARTS) is 2. The van der Waals surface area contributed by atoms with Gasteiger partial charge in [0, 0.05) is 28.9 Å². The van der Waals surface area contributed by atoms with Crippen molar-refractivity contribution in [2.45, 2.75) is 6.42 Å². The minimum Gasteiger partial charge on any atom is -0.507 e. The van der Waals surface area contributed by atoms with Gasteiger partial charge in [-0.3, -0.25) is 0 Å². The van der Waals surface area contributed by atoms with E-state index in [4.69, 9.17) is 16.9 Å². The topological polar surface area (TPSA) is 191 Å². The highest BCUT2D eigenvalue weighted by atomic mass is 16.4. The third kappa shape index (κ3) is 7.04. The Morgan fingerprint density at radius 1 is 0.569 bits per heavy atom. The van der Waals surface area contributed by atoms with E-state index in [-0.39, 0.29) is 17.5 Å². The van der Waals surface area contributed by atoms with Gasteiger partial charge in [0.2, 0.25) is 0 Å². The molecule has 0 saturated carbocycles. The fraction of sp³-hybridized carbons (Fsp3) is 0.0238. The second kappa shape index (κ2) is 14.2. The first-order valence-corrected chi connectivity index (χ1v) is 15.9. The smallest absolute Gasteiger partial charge is 0.339 e. The Morgan fingerprint density at radius 2 is 1.00 bits per heavy atom. The van der Waals surface area contributed by atoms with Crippen LogP contribution in [-0.2, 0) is 6.42 Å². The van der Waals surface area contributed by atoms with Crippen molar-refractivity contribution in [3.63, 3.8) is 0 Å². The lowest BCUT2D eigenvalue weighted by Gasteiger charge is -2.16. The number of nitrogens with one attached hydrogen (secondary N) is 1. The van der Waals surface area contributed by atoms with Crippen molar-refractivity contribution < 1.29 is 30.0 Å². The lowest BCUT2D eigenvalue weighted by Crippen LogP contribution is -2.04. The third-order valence-corrected chi connectivity index (χ3v) is 8.59. The first-order chi connectivity index (χ1) is 24.5. The van der Waals surface area contributed by atoms with Gasteiger partial charge in [-0.1, -0.05) is 84.9 Å². The van der Waals surface area contributed by atoms with Crippen molar-refractivity contribution in [2.24, 2.45) is 0 Å². The molecule has 0 heterocycles. The summed E-state index contributed by atoms with van der Waals surface area (Å²) >= 11 is 0. The van der Waals surface area contributed by atoms with Gasteiger partial charge in [0.05, 0.1) is 5.71 Å². The molecule has 0 aliphatic heterocycles. The Kier molecular flexibility index (Phi) is 9.37. The molecule has 9 heteroatoms. The number of hydrogen-bond donors (Lipinski definition) is 7. The summed E-state index contributed by atoms with van der Waals surface area (Å²) in [6.07, 6.45) is 7.43. The largest absolute Gasteiger partial charge is 0.507 e. The summed E-state index contributed by atoms with van der Waals surface area (Å²) in [6.45, 7) is 0. The number of carbonyl (C=O) groups is 2. The molecule has 0 amide bonds. The number of hydrogen-bond acceptors (Lipinski definition) is 7. The van der Waals surface area contributed by atoms with Gasteiger partial charge in [0.1, 0.15) is 22.6 Å². The SMILES string of the molecule is N=C1C=CC(=C(c2cccc(N)c2)c2cccc(N)c2)C=C1.O=C(O)c1cc2ccccc2c(Cc2c(O)c(C(=O)O)cc3ccccc23)c1O. The minimum absolute atomic E-state index is 0.0407. The van der Waals surface area contributed by atoms with E-state index in [2.05, 4.69) is 0 Å². The summed E-state index contributed by atoms with van der Waals surface area (Å²) in [5, 5.41) is 50.5. The molecular formula is C42H33N3O6. The molecule has 1 aliphatic rings. The first-order valence-electron chi connectivity index (χ1n) is 15.9. The van der Waals surface area contributed by atoms with Gasteiger partial charge < -0.3 is 37.3 Å². The van der Waals surface area contributed by atoms with Crippen LogP contribution in [0.1, 0.15) is 43.0 Å². The van der Waals surface area contributed by atoms with Gasteiger partial charge in [-0.2, -0.15) is 0 Å². The second-order valence-corrected chi connectivity index (χ2v) is 11.9. The number of nitrogens with two attached hydrogens (primary N) is 2. The van der Waals surface area contributed by atoms with Crippen molar-refractivity contribution in [3.05, 3.63) is 172 Å². The molecule has 9 nitrogen and oxygen atoms in total. The zero-order chi connectivity index (χ0) is 36.2. The van der Waals surface area contributed by atoms with Gasteiger partial charge in [-0.15, -0.1) is 0 Å². The molecular weight excluding hydrogens is 642 g/mol. The molecule has 6 aromatic carbocycles. The Labute approximate surface area is 292 Å². The number of phenols is 2. The quantitative estimate of drug-likeness (QED) is 0.0859. The highest BCUT2D eigenvalue weighted by Gasteiger charge is 2.22. The zero-order valence-corrected chi connectivity index (χ0v) is 27.2. The molecule has 51 heavy (non-hydrogen) atoms. The average molecular weight is 676 g/mol. The summed E-state index contributed by atoms with van der Waals surface area (Å²) in [6, 6.07) is 32.4. The Balaban J connectivity index is 0.000000183. The highest BCUT2D eigenvalue weighted by molar-refractivity contribution is 6.05. The number of benzene rings is 6. The van der Waals surface area contributed by atoms with E-state index >= 15 is 0 Å². The van der Waals surface area contributed by atoms with Crippen LogP contribution < -0.4 is 11.5 Å². The van der Waals surface area contributed by atoms with E-state index in [1.807, 2.05) is 60.7 Å². The molecule has 0 atom stereocenters. The number of nitrogen functional groups attached to an aromatic ring is 2. The Bertz CT molecular complexity index is 2310. The maximum Gasteiger partial charge on any atom is 0.339 e. The number of rotatable bonds is 6. The van der Waals surface area contributed by atoms with Gasteiger partial charge in [-0.25, -0.2) is 9.59 Å². The number of anilines is 2. The van der Waals surface area contributed by atoms with Gasteiger partial charge in [-0.05, 0) is 92.4 Å². The molecule has 6 aromatic rings. The van der Waals surface area contributed by atoms with Crippen LogP contribution in [-0.4, -0.2) is 38.1 Å². The van der Waals surface area contributed by atoms with Crippen molar-refractivity contribution in [3.8, 4) is 11.5 Å². The van der Waals surface area contributed by atoms with Gasteiger partial charge in [0.25, 0.3) is 0 Å². The molecule has 0 saturated heterocycles. The van der Waals surface area contributed by atoms with E-state index in [0.717, 1.165) is 33.6 Å². The van der Waals surface area contributed by atoms with Crippen molar-refractivity contribution >= 4 is 56.1 Å². The maximum absolute atomic E-state index is 11.6. The average Bonchev–Trinajstić information content (AvgIpc) is 3.11. The lowest BCUT2D eigenvalue weighted by molar-refractivity contribution is 0.0682. The number of aromatic hydroxyl groups is 2. The van der Waals surface area contributed by atoms with Gasteiger partial charge >= 0.3 is 11.9 Å². The summed E-state index contributed by atoms with van der Waals surface area (Å²) in [4.78, 5) is 23.2. The van der Waals surface area contributed by atoms with Crippen molar-refractivity contribution in [1.29, 1.82) is 5.41 Å². The van der Waals surface area contributed by atoms with Crippen LogP contribution >= 0.6 is 0 Å². The third-order valence-electron chi connectivity index (χ3n) is 8.59. The lowest BCUT2D eigenvalue weighted by atomic mass is 9.90. The molecule has 0 radical (unpaired) electrons. The van der Waals surface area contributed by atoms with E-state index in [0.29, 0.717) is 38.4 Å². The van der Waals surface area contributed by atoms with E-state index in [1.54, 1.807) is 60.7 Å². The number of carboxylic acids is 2. The molecule has 252 valence electrons. The Hall–Kier alpha value is -7.13. The molecule has 0 spiro atoms. The van der Waals surface area contributed by atoms with E-state index in [1.165, 1.54) is 12.1 Å². The molecule has 0 aromatic heterocycles. The number of allylic oxidation sites excluding steroid dienone is 5. The summed E-state index contributed by atoms with van der Waals surface area (Å²) in [5.74, 6) is -3.36. The molecule has 0 fully saturated rings. The predicted octanol–water partition coefficient (Wildman–Crippen LogP) is 8.19. The molecule has 7 rings (SSSR count). The molecule has 0 unspecified atom stereocenters. The first kappa shape index (κ1) is 33.8. The normalized spacial score (nSPS) is 12.1. The molecule has 0 bridgehead atoms. The predicted molar refractivity (Wildman–Crippen MR) is 202 cm³/mol. The van der Waals surface area contributed by atoms with E-state index < -0.39 is 23.4 Å². The maximum atomic E-state index is 11.6. The minimum atomic E-state index is -1.28. The zero-order valence-electron chi connectivity index (χ0n) is 27.2. The number of fused-ring (bicyclic) bond motifs is 2. The van der Waals surface area contributed by atoms with Crippen LogP contribution in [0.25, 0.3) is 27.1 Å². The standard InChI is InChI=1S/C23H16O6.C19H17N3/c24-20-16(14-7-3-1-5-12(14)9-18(20)22(26)27)11-17-15-8-4-2-6-13(15)10-19(21(17)25)23(28)29;20-16-9-7-13(8-10-16)19(14-3-1-5-17(21)11-14)15-4-2-6-18(22)12-15/h1-10,24-25H,11H2,(H,26,27)(H,28,29);1-12,20H,21-22H2. The fourth-order valence-electron chi connectivity index (χ4n) is 6.21. The van der Waals surface area contributed by atoms with Crippen LogP contribution in [0.2, 0.25) is 0 Å². The molecule has 1 aliphatic carbocycles. The number of aromatic carboxylic acids is 2. The van der Waals surface area contributed by atoms with E-state index in [9.17, 15) is 30.0 Å². The van der Waals surface area contributed by atoms with Crippen molar-refractivity contribution in [2.75, 3.05) is 11.5 Å². The summed E-state index contributed by atoms with van der Waals surface area (Å²) in [7, 11) is 0. The Morgan fingerprint density at radius 3 is 1.41 bits per heavy atom. The van der Waals surface area contributed by atoms with Crippen LogP contribution in [0, 0.1) is 5.41 Å². The summed E-state index contributed by atoms with van der Waals surface area (Å²) < 4.78 is 0. The van der Waals surface area contributed by atoms with Crippen LogP contribution in [0.4, 0.5) is 11.4 Å². The second-order valence-electron chi connectivity index (χ2n) is 11.9. The van der Waals surface area contributed by atoms with Crippen LogP contribution in [0.3, 0.4) is 0 Å². The molecule has 9 N–H and O–H groups in total. The summed E-state index contributed by atoms with van der Waals surface area (Å²) in [5.41, 5.74) is 18.1. The van der Waals surface area contributed by atoms with Crippen LogP contribution in [0.15, 0.2) is 139 Å². The fourth-order valence-corrected chi connectivity index (χ4v) is 6.21.